The van der Waals surface area contributed by atoms with Gasteiger partial charge in [0.25, 0.3) is 0 Å². The Balaban J connectivity index is 2.47. The Morgan fingerprint density at radius 2 is 1.57 bits per heavy atom. The molecule has 2 aromatic rings. The first-order valence-corrected chi connectivity index (χ1v) is 6.68. The predicted octanol–water partition coefficient (Wildman–Crippen LogP) is 5.50. The molecule has 0 bridgehead atoms. The monoisotopic (exact) mass is 294 g/mol. The molecule has 0 spiro atoms. The third kappa shape index (κ3) is 3.38. The molecular weight excluding hydrogens is 277 g/mol. The van der Waals surface area contributed by atoms with Crippen LogP contribution in [0.15, 0.2) is 42.5 Å². The third-order valence-corrected chi connectivity index (χ3v) is 3.41. The largest absolute Gasteiger partial charge is 0.496 e. The fourth-order valence-corrected chi connectivity index (χ4v) is 2.15. The summed E-state index contributed by atoms with van der Waals surface area (Å²) in [4.78, 5) is 0. The van der Waals surface area contributed by atoms with E-state index in [1.165, 1.54) is 12.1 Å². The van der Waals surface area contributed by atoms with E-state index >= 15 is 0 Å². The predicted molar refractivity (Wildman–Crippen MR) is 77.5 cm³/mol. The van der Waals surface area contributed by atoms with Crippen LogP contribution in [0.25, 0.3) is 11.1 Å². The van der Waals surface area contributed by atoms with Gasteiger partial charge in [0.2, 0.25) is 0 Å². The average molecular weight is 294 g/mol. The molecule has 0 saturated carbocycles. The number of methoxy groups -OCH3 is 1. The minimum atomic E-state index is -4.32. The second-order valence-corrected chi connectivity index (χ2v) is 5.19. The van der Waals surface area contributed by atoms with Crippen LogP contribution >= 0.6 is 0 Å². The first-order chi connectivity index (χ1) is 9.82. The molecule has 0 N–H and O–H groups in total. The molecule has 0 fully saturated rings. The van der Waals surface area contributed by atoms with Crippen LogP contribution in [0.3, 0.4) is 0 Å². The Morgan fingerprint density at radius 3 is 2.05 bits per heavy atom. The molecule has 0 amide bonds. The standard InChI is InChI=1S/C17H17F3O/c1-11(2)13-6-9-16(21-3)15(10-13)12-4-7-14(8-5-12)17(18,19)20/h4-11H,1-3H3. The Labute approximate surface area is 122 Å². The van der Waals surface area contributed by atoms with Crippen molar-refractivity contribution in [1.82, 2.24) is 0 Å². The summed E-state index contributed by atoms with van der Waals surface area (Å²) in [5.41, 5.74) is 1.98. The number of halogens is 3. The zero-order valence-electron chi connectivity index (χ0n) is 12.2. The van der Waals surface area contributed by atoms with Gasteiger partial charge in [0.15, 0.2) is 0 Å². The maximum Gasteiger partial charge on any atom is 0.416 e. The molecule has 2 aromatic carbocycles. The summed E-state index contributed by atoms with van der Waals surface area (Å²) in [6.45, 7) is 4.14. The van der Waals surface area contributed by atoms with Gasteiger partial charge in [0.1, 0.15) is 5.75 Å². The second-order valence-electron chi connectivity index (χ2n) is 5.19. The molecule has 2 rings (SSSR count). The lowest BCUT2D eigenvalue weighted by Gasteiger charge is -2.14. The SMILES string of the molecule is COc1ccc(C(C)C)cc1-c1ccc(C(F)(F)F)cc1. The molecule has 0 saturated heterocycles. The Bertz CT molecular complexity index is 613. The fourth-order valence-electron chi connectivity index (χ4n) is 2.15. The highest BCUT2D eigenvalue weighted by atomic mass is 19.4. The lowest BCUT2D eigenvalue weighted by Crippen LogP contribution is -2.04. The number of hydrogen-bond acceptors (Lipinski definition) is 1. The van der Waals surface area contributed by atoms with Crippen LogP contribution in [0.2, 0.25) is 0 Å². The van der Waals surface area contributed by atoms with E-state index in [4.69, 9.17) is 4.74 Å². The highest BCUT2D eigenvalue weighted by Crippen LogP contribution is 2.35. The zero-order valence-corrected chi connectivity index (χ0v) is 12.2. The average Bonchev–Trinajstić information content (AvgIpc) is 2.45. The van der Waals surface area contributed by atoms with E-state index in [-0.39, 0.29) is 0 Å². The summed E-state index contributed by atoms with van der Waals surface area (Å²) in [7, 11) is 1.55. The highest BCUT2D eigenvalue weighted by Gasteiger charge is 2.30. The van der Waals surface area contributed by atoms with Crippen molar-refractivity contribution in [3.63, 3.8) is 0 Å². The van der Waals surface area contributed by atoms with Gasteiger partial charge in [0.05, 0.1) is 12.7 Å². The van der Waals surface area contributed by atoms with E-state index in [2.05, 4.69) is 13.8 Å². The minimum absolute atomic E-state index is 0.337. The molecule has 0 radical (unpaired) electrons. The molecule has 0 aromatic heterocycles. The molecule has 0 aliphatic rings. The van der Waals surface area contributed by atoms with Gasteiger partial charge in [-0.1, -0.05) is 32.0 Å². The molecule has 0 aliphatic carbocycles. The van der Waals surface area contributed by atoms with Crippen molar-refractivity contribution >= 4 is 0 Å². The molecule has 1 nitrogen and oxygen atoms in total. The third-order valence-electron chi connectivity index (χ3n) is 3.41. The molecule has 0 heterocycles. The topological polar surface area (TPSA) is 9.23 Å². The van der Waals surface area contributed by atoms with Crippen LogP contribution in [0.1, 0.15) is 30.9 Å². The van der Waals surface area contributed by atoms with Gasteiger partial charge in [0, 0.05) is 5.56 Å². The van der Waals surface area contributed by atoms with Crippen molar-refractivity contribution in [2.45, 2.75) is 25.9 Å². The number of alkyl halides is 3. The first-order valence-electron chi connectivity index (χ1n) is 6.68. The van der Waals surface area contributed by atoms with Gasteiger partial charge in [-0.2, -0.15) is 13.2 Å². The van der Waals surface area contributed by atoms with Crippen molar-refractivity contribution in [3.05, 3.63) is 53.6 Å². The molecular formula is C17H17F3O. The van der Waals surface area contributed by atoms with E-state index in [0.717, 1.165) is 23.3 Å². The second kappa shape index (κ2) is 5.80. The van der Waals surface area contributed by atoms with Gasteiger partial charge < -0.3 is 4.74 Å². The first kappa shape index (κ1) is 15.4. The van der Waals surface area contributed by atoms with Gasteiger partial charge in [-0.15, -0.1) is 0 Å². The van der Waals surface area contributed by atoms with Crippen molar-refractivity contribution in [1.29, 1.82) is 0 Å². The van der Waals surface area contributed by atoms with Crippen LogP contribution in [-0.2, 0) is 6.18 Å². The van der Waals surface area contributed by atoms with Crippen molar-refractivity contribution < 1.29 is 17.9 Å². The lowest BCUT2D eigenvalue weighted by molar-refractivity contribution is -0.137. The fraction of sp³-hybridized carbons (Fsp3) is 0.294. The zero-order chi connectivity index (χ0) is 15.6. The van der Waals surface area contributed by atoms with Crippen molar-refractivity contribution in [2.24, 2.45) is 0 Å². The maximum absolute atomic E-state index is 12.6. The molecule has 4 heteroatoms. The normalized spacial score (nSPS) is 11.8. The molecule has 0 aliphatic heterocycles. The van der Waals surface area contributed by atoms with Crippen LogP contribution in [0.5, 0.6) is 5.75 Å². The van der Waals surface area contributed by atoms with E-state index < -0.39 is 11.7 Å². The van der Waals surface area contributed by atoms with E-state index in [1.54, 1.807) is 7.11 Å². The Kier molecular flexibility index (Phi) is 4.26. The summed E-state index contributed by atoms with van der Waals surface area (Å²) < 4.78 is 43.1. The van der Waals surface area contributed by atoms with Crippen molar-refractivity contribution in [3.8, 4) is 16.9 Å². The van der Waals surface area contributed by atoms with Gasteiger partial charge in [-0.05, 0) is 41.3 Å². The number of benzene rings is 2. The van der Waals surface area contributed by atoms with Crippen LogP contribution in [-0.4, -0.2) is 7.11 Å². The smallest absolute Gasteiger partial charge is 0.416 e. The van der Waals surface area contributed by atoms with E-state index in [9.17, 15) is 13.2 Å². The molecule has 21 heavy (non-hydrogen) atoms. The quantitative estimate of drug-likeness (QED) is 0.725. The maximum atomic E-state index is 12.6. The minimum Gasteiger partial charge on any atom is -0.496 e. The van der Waals surface area contributed by atoms with Gasteiger partial charge in [-0.25, -0.2) is 0 Å². The van der Waals surface area contributed by atoms with Crippen LogP contribution in [0.4, 0.5) is 13.2 Å². The Morgan fingerprint density at radius 1 is 0.952 bits per heavy atom. The summed E-state index contributed by atoms with van der Waals surface area (Å²) in [6, 6.07) is 10.9. The van der Waals surface area contributed by atoms with Crippen molar-refractivity contribution in [2.75, 3.05) is 7.11 Å². The molecule has 112 valence electrons. The molecule has 0 unspecified atom stereocenters. The van der Waals surface area contributed by atoms with Gasteiger partial charge in [-0.3, -0.25) is 0 Å². The summed E-state index contributed by atoms with van der Waals surface area (Å²) in [5.74, 6) is 0.989. The molecule has 0 atom stereocenters. The van der Waals surface area contributed by atoms with Gasteiger partial charge >= 0.3 is 6.18 Å². The number of hydrogen-bond donors (Lipinski definition) is 0. The van der Waals surface area contributed by atoms with E-state index in [1.807, 2.05) is 18.2 Å². The lowest BCUT2D eigenvalue weighted by atomic mass is 9.96. The number of ether oxygens (including phenoxy) is 1. The van der Waals surface area contributed by atoms with E-state index in [0.29, 0.717) is 17.2 Å². The number of rotatable bonds is 3. The van der Waals surface area contributed by atoms with Crippen LogP contribution < -0.4 is 4.74 Å². The van der Waals surface area contributed by atoms with Crippen LogP contribution in [0, 0.1) is 0 Å². The summed E-state index contributed by atoms with van der Waals surface area (Å²) in [5, 5.41) is 0. The summed E-state index contributed by atoms with van der Waals surface area (Å²) >= 11 is 0. The summed E-state index contributed by atoms with van der Waals surface area (Å²) in [6.07, 6.45) is -4.32. The highest BCUT2D eigenvalue weighted by molar-refractivity contribution is 5.71. The Hall–Kier alpha value is -1.97.